The Kier molecular flexibility index (Phi) is 4.07. The molecule has 1 aliphatic carbocycles. The fraction of sp³-hybridized carbons (Fsp3) is 0.400. The number of carbonyl (C=O) groups excluding carboxylic acids is 1. The molecule has 0 radical (unpaired) electrons. The standard InChI is InChI=1S/C20H23N3O2/c1-13-11-15(13)18-9-7-14(25-18)8-10-20(24)23(2)12-19-21-16-5-3-4-6-17(16)22-19/h3-7,9,13,15H,8,10-12H2,1-2H3,(H,21,22)/t13-,15-/m0/s1. The van der Waals surface area contributed by atoms with Crippen LogP contribution in [0.25, 0.3) is 11.0 Å². The highest BCUT2D eigenvalue weighted by Gasteiger charge is 2.36. The number of aryl methyl sites for hydroxylation is 1. The van der Waals surface area contributed by atoms with Crippen molar-refractivity contribution in [3.63, 3.8) is 0 Å². The summed E-state index contributed by atoms with van der Waals surface area (Å²) in [5.74, 6) is 4.19. The summed E-state index contributed by atoms with van der Waals surface area (Å²) >= 11 is 0. The first-order valence-corrected chi connectivity index (χ1v) is 8.86. The quantitative estimate of drug-likeness (QED) is 0.743. The fourth-order valence-corrected chi connectivity index (χ4v) is 3.26. The second-order valence-corrected chi connectivity index (χ2v) is 7.07. The van der Waals surface area contributed by atoms with Crippen LogP contribution < -0.4 is 0 Å². The fourth-order valence-electron chi connectivity index (χ4n) is 3.26. The van der Waals surface area contributed by atoms with E-state index in [1.54, 1.807) is 4.90 Å². The SMILES string of the molecule is C[C@H]1C[C@@H]1c1ccc(CCC(=O)N(C)Cc2nc3ccccc3[nH]2)o1. The number of amides is 1. The van der Waals surface area contributed by atoms with Crippen molar-refractivity contribution >= 4 is 16.9 Å². The average Bonchev–Trinajstić information content (AvgIpc) is 3.01. The van der Waals surface area contributed by atoms with E-state index in [2.05, 4.69) is 23.0 Å². The minimum Gasteiger partial charge on any atom is -0.466 e. The molecular formula is C20H23N3O2. The first-order valence-electron chi connectivity index (χ1n) is 8.86. The van der Waals surface area contributed by atoms with Crippen LogP contribution in [0.3, 0.4) is 0 Å². The van der Waals surface area contributed by atoms with Crippen molar-refractivity contribution in [2.45, 2.75) is 38.6 Å². The van der Waals surface area contributed by atoms with Crippen molar-refractivity contribution in [3.05, 3.63) is 53.7 Å². The molecule has 2 atom stereocenters. The van der Waals surface area contributed by atoms with E-state index < -0.39 is 0 Å². The summed E-state index contributed by atoms with van der Waals surface area (Å²) in [6.07, 6.45) is 2.31. The van der Waals surface area contributed by atoms with Crippen molar-refractivity contribution in [2.75, 3.05) is 7.05 Å². The number of imidazole rings is 1. The third-order valence-electron chi connectivity index (χ3n) is 4.99. The molecule has 0 bridgehead atoms. The normalized spacial score (nSPS) is 19.3. The molecule has 1 aromatic carbocycles. The molecule has 2 aromatic heterocycles. The number of aromatic nitrogens is 2. The van der Waals surface area contributed by atoms with Crippen LogP contribution in [0.15, 0.2) is 40.8 Å². The molecule has 1 amide bonds. The summed E-state index contributed by atoms with van der Waals surface area (Å²) in [6.45, 7) is 2.72. The average molecular weight is 337 g/mol. The van der Waals surface area contributed by atoms with Gasteiger partial charge in [-0.3, -0.25) is 4.79 Å². The lowest BCUT2D eigenvalue weighted by Crippen LogP contribution is -2.26. The lowest BCUT2D eigenvalue weighted by Gasteiger charge is -2.15. The number of aromatic amines is 1. The summed E-state index contributed by atoms with van der Waals surface area (Å²) in [5, 5.41) is 0. The van der Waals surface area contributed by atoms with Gasteiger partial charge in [0.1, 0.15) is 17.3 Å². The molecule has 3 aromatic rings. The lowest BCUT2D eigenvalue weighted by atomic mass is 10.2. The first-order chi connectivity index (χ1) is 12.1. The minimum atomic E-state index is 0.0956. The number of rotatable bonds is 6. The van der Waals surface area contributed by atoms with Gasteiger partial charge in [0, 0.05) is 25.8 Å². The zero-order valence-corrected chi connectivity index (χ0v) is 14.7. The highest BCUT2D eigenvalue weighted by atomic mass is 16.3. The number of furan rings is 1. The molecule has 1 saturated carbocycles. The summed E-state index contributed by atoms with van der Waals surface area (Å²) in [5.41, 5.74) is 1.92. The van der Waals surface area contributed by atoms with E-state index in [0.29, 0.717) is 25.3 Å². The van der Waals surface area contributed by atoms with Crippen LogP contribution in [0.5, 0.6) is 0 Å². The third-order valence-corrected chi connectivity index (χ3v) is 4.99. The smallest absolute Gasteiger partial charge is 0.223 e. The van der Waals surface area contributed by atoms with E-state index in [9.17, 15) is 4.79 Å². The van der Waals surface area contributed by atoms with Gasteiger partial charge in [0.05, 0.1) is 17.6 Å². The Morgan fingerprint density at radius 2 is 2.12 bits per heavy atom. The van der Waals surface area contributed by atoms with Crippen LogP contribution in [0, 0.1) is 5.92 Å². The number of hydrogen-bond donors (Lipinski definition) is 1. The van der Waals surface area contributed by atoms with Crippen LogP contribution in [0.4, 0.5) is 0 Å². The first kappa shape index (κ1) is 15.9. The van der Waals surface area contributed by atoms with Crippen LogP contribution in [0.2, 0.25) is 0 Å². The lowest BCUT2D eigenvalue weighted by molar-refractivity contribution is -0.130. The number of H-pyrrole nitrogens is 1. The van der Waals surface area contributed by atoms with Crippen molar-refractivity contribution in [1.82, 2.24) is 14.9 Å². The highest BCUT2D eigenvalue weighted by molar-refractivity contribution is 5.77. The maximum Gasteiger partial charge on any atom is 0.223 e. The van der Waals surface area contributed by atoms with Gasteiger partial charge >= 0.3 is 0 Å². The molecule has 1 fully saturated rings. The largest absolute Gasteiger partial charge is 0.466 e. The summed E-state index contributed by atoms with van der Waals surface area (Å²) in [4.78, 5) is 21.9. The highest BCUT2D eigenvalue weighted by Crippen LogP contribution is 2.47. The Bertz CT molecular complexity index is 862. The van der Waals surface area contributed by atoms with E-state index in [4.69, 9.17) is 4.42 Å². The van der Waals surface area contributed by atoms with Crippen LogP contribution in [0.1, 0.15) is 43.0 Å². The summed E-state index contributed by atoms with van der Waals surface area (Å²) < 4.78 is 5.88. The third kappa shape index (κ3) is 3.45. The number of hydrogen-bond acceptors (Lipinski definition) is 3. The molecule has 0 unspecified atom stereocenters. The minimum absolute atomic E-state index is 0.0956. The van der Waals surface area contributed by atoms with Gasteiger partial charge in [-0.05, 0) is 36.6 Å². The van der Waals surface area contributed by atoms with Gasteiger partial charge in [0.25, 0.3) is 0 Å². The molecule has 25 heavy (non-hydrogen) atoms. The Labute approximate surface area is 147 Å². The van der Waals surface area contributed by atoms with Crippen molar-refractivity contribution < 1.29 is 9.21 Å². The Morgan fingerprint density at radius 1 is 1.32 bits per heavy atom. The second-order valence-electron chi connectivity index (χ2n) is 7.07. The molecule has 0 aliphatic heterocycles. The molecule has 4 rings (SSSR count). The van der Waals surface area contributed by atoms with Gasteiger partial charge in [0.15, 0.2) is 0 Å². The molecule has 2 heterocycles. The van der Waals surface area contributed by atoms with E-state index in [0.717, 1.165) is 34.3 Å². The van der Waals surface area contributed by atoms with E-state index in [-0.39, 0.29) is 5.91 Å². The van der Waals surface area contributed by atoms with E-state index >= 15 is 0 Å². The van der Waals surface area contributed by atoms with Crippen LogP contribution in [-0.2, 0) is 17.8 Å². The van der Waals surface area contributed by atoms with Gasteiger partial charge < -0.3 is 14.3 Å². The van der Waals surface area contributed by atoms with Crippen molar-refractivity contribution in [1.29, 1.82) is 0 Å². The Hall–Kier alpha value is -2.56. The van der Waals surface area contributed by atoms with Gasteiger partial charge in [0.2, 0.25) is 5.91 Å². The number of benzene rings is 1. The summed E-state index contributed by atoms with van der Waals surface area (Å²) in [7, 11) is 1.81. The van der Waals surface area contributed by atoms with Gasteiger partial charge in [-0.2, -0.15) is 0 Å². The van der Waals surface area contributed by atoms with Crippen LogP contribution >= 0.6 is 0 Å². The molecule has 130 valence electrons. The number of nitrogens with one attached hydrogen (secondary N) is 1. The van der Waals surface area contributed by atoms with E-state index in [1.165, 1.54) is 6.42 Å². The van der Waals surface area contributed by atoms with Gasteiger partial charge in [-0.1, -0.05) is 19.1 Å². The number of fused-ring (bicyclic) bond motifs is 1. The molecule has 1 aliphatic rings. The molecule has 0 saturated heterocycles. The second kappa shape index (κ2) is 6.39. The number of carbonyl (C=O) groups is 1. The number of nitrogens with zero attached hydrogens (tertiary/aromatic N) is 2. The zero-order chi connectivity index (χ0) is 17.4. The predicted octanol–water partition coefficient (Wildman–Crippen LogP) is 3.87. The van der Waals surface area contributed by atoms with Gasteiger partial charge in [-0.25, -0.2) is 4.98 Å². The number of para-hydroxylation sites is 2. The summed E-state index contributed by atoms with van der Waals surface area (Å²) in [6, 6.07) is 12.0. The topological polar surface area (TPSA) is 62.1 Å². The molecule has 5 nitrogen and oxygen atoms in total. The zero-order valence-electron chi connectivity index (χ0n) is 14.7. The maximum absolute atomic E-state index is 12.4. The van der Waals surface area contributed by atoms with E-state index in [1.807, 2.05) is 37.4 Å². The Balaban J connectivity index is 1.31. The maximum atomic E-state index is 12.4. The van der Waals surface area contributed by atoms with Crippen molar-refractivity contribution in [2.24, 2.45) is 5.92 Å². The predicted molar refractivity (Wildman–Crippen MR) is 96.1 cm³/mol. The van der Waals surface area contributed by atoms with Crippen molar-refractivity contribution in [3.8, 4) is 0 Å². The monoisotopic (exact) mass is 337 g/mol. The molecule has 5 heteroatoms. The van der Waals surface area contributed by atoms with Gasteiger partial charge in [-0.15, -0.1) is 0 Å². The molecular weight excluding hydrogens is 314 g/mol. The van der Waals surface area contributed by atoms with Crippen LogP contribution in [-0.4, -0.2) is 27.8 Å². The molecule has 1 N–H and O–H groups in total. The molecule has 0 spiro atoms. The Morgan fingerprint density at radius 3 is 2.88 bits per heavy atom.